The molecule has 0 spiro atoms. The fourth-order valence-corrected chi connectivity index (χ4v) is 5.61. The highest BCUT2D eigenvalue weighted by Crippen LogP contribution is 2.60. The molecule has 4 saturated carbocycles. The number of hydrazone groups is 1. The van der Waals surface area contributed by atoms with E-state index in [1.807, 2.05) is 43.4 Å². The number of carbonyl (C=O) groups is 1. The Kier molecular flexibility index (Phi) is 4.80. The van der Waals surface area contributed by atoms with Crippen LogP contribution in [0.1, 0.15) is 51.0 Å². The molecule has 3 nitrogen and oxygen atoms in total. The minimum absolute atomic E-state index is 0.130. The molecule has 0 saturated heterocycles. The lowest BCUT2D eigenvalue weighted by Gasteiger charge is -2.55. The highest BCUT2D eigenvalue weighted by atomic mass is 16.2. The predicted molar refractivity (Wildman–Crippen MR) is 106 cm³/mol. The summed E-state index contributed by atoms with van der Waals surface area (Å²) in [5, 5.41) is 4.32. The summed E-state index contributed by atoms with van der Waals surface area (Å²) in [5.74, 6) is 2.49. The molecule has 4 fully saturated rings. The average molecular weight is 348 g/mol. The molecule has 1 aromatic carbocycles. The van der Waals surface area contributed by atoms with Crippen LogP contribution in [0.5, 0.6) is 0 Å². The van der Waals surface area contributed by atoms with E-state index in [1.165, 1.54) is 24.8 Å². The van der Waals surface area contributed by atoms with Gasteiger partial charge in [0.05, 0.1) is 11.1 Å². The second-order valence-corrected chi connectivity index (χ2v) is 8.52. The van der Waals surface area contributed by atoms with E-state index in [4.69, 9.17) is 0 Å². The number of nitrogens with one attached hydrogen (secondary N) is 1. The monoisotopic (exact) mass is 348 g/mol. The molecule has 0 aromatic heterocycles. The fraction of sp³-hybridized carbons (Fsp3) is 0.478. The molecule has 136 valence electrons. The molecule has 3 heteroatoms. The van der Waals surface area contributed by atoms with Crippen LogP contribution in [-0.4, -0.2) is 11.6 Å². The molecule has 0 aliphatic heterocycles. The summed E-state index contributed by atoms with van der Waals surface area (Å²) >= 11 is 0. The van der Waals surface area contributed by atoms with Gasteiger partial charge >= 0.3 is 0 Å². The topological polar surface area (TPSA) is 41.5 Å². The second kappa shape index (κ2) is 7.22. The van der Waals surface area contributed by atoms with E-state index in [9.17, 15) is 4.79 Å². The Morgan fingerprint density at radius 1 is 1.04 bits per heavy atom. The molecule has 1 amide bonds. The van der Waals surface area contributed by atoms with Gasteiger partial charge in [-0.1, -0.05) is 48.6 Å². The zero-order valence-electron chi connectivity index (χ0n) is 15.5. The normalized spacial score (nSPS) is 33.3. The minimum atomic E-state index is -0.130. The van der Waals surface area contributed by atoms with E-state index in [-0.39, 0.29) is 11.3 Å². The molecule has 26 heavy (non-hydrogen) atoms. The van der Waals surface area contributed by atoms with Crippen molar-refractivity contribution < 1.29 is 4.79 Å². The van der Waals surface area contributed by atoms with Crippen LogP contribution < -0.4 is 5.43 Å². The first kappa shape index (κ1) is 17.3. The van der Waals surface area contributed by atoms with Gasteiger partial charge in [0, 0.05) is 0 Å². The van der Waals surface area contributed by atoms with E-state index in [2.05, 4.69) is 28.7 Å². The number of amides is 1. The van der Waals surface area contributed by atoms with Crippen molar-refractivity contribution in [2.24, 2.45) is 28.3 Å². The van der Waals surface area contributed by atoms with Crippen molar-refractivity contribution in [3.05, 3.63) is 54.1 Å². The highest BCUT2D eigenvalue weighted by Gasteiger charge is 2.54. The Balaban J connectivity index is 1.33. The first-order chi connectivity index (χ1) is 12.6. The Morgan fingerprint density at radius 2 is 1.65 bits per heavy atom. The van der Waals surface area contributed by atoms with Gasteiger partial charge in [-0.25, -0.2) is 5.43 Å². The maximum absolute atomic E-state index is 12.9. The lowest BCUT2D eigenvalue weighted by molar-refractivity contribution is -0.146. The van der Waals surface area contributed by atoms with Crippen LogP contribution in [0.3, 0.4) is 0 Å². The van der Waals surface area contributed by atoms with Crippen molar-refractivity contribution in [3.8, 4) is 0 Å². The Morgan fingerprint density at radius 3 is 2.27 bits per heavy atom. The first-order valence-corrected chi connectivity index (χ1v) is 9.87. The summed E-state index contributed by atoms with van der Waals surface area (Å²) in [6.07, 6.45) is 15.2. The first-order valence-electron chi connectivity index (χ1n) is 9.87. The largest absolute Gasteiger partial charge is 0.273 e. The molecule has 4 aliphatic carbocycles. The third kappa shape index (κ3) is 3.67. The molecule has 1 N–H and O–H groups in total. The van der Waals surface area contributed by atoms with Crippen LogP contribution in [-0.2, 0) is 4.79 Å². The van der Waals surface area contributed by atoms with Crippen molar-refractivity contribution in [3.63, 3.8) is 0 Å². The molecule has 0 atom stereocenters. The number of hydrogen-bond donors (Lipinski definition) is 1. The van der Waals surface area contributed by atoms with Crippen LogP contribution in [0.15, 0.2) is 53.7 Å². The van der Waals surface area contributed by atoms with Gasteiger partial charge in [-0.3, -0.25) is 4.79 Å². The molecule has 4 bridgehead atoms. The maximum Gasteiger partial charge on any atom is 0.246 e. The molecule has 0 radical (unpaired) electrons. The van der Waals surface area contributed by atoms with E-state index in [0.29, 0.717) is 0 Å². The van der Waals surface area contributed by atoms with E-state index >= 15 is 0 Å². The van der Waals surface area contributed by atoms with Crippen LogP contribution >= 0.6 is 0 Å². The number of carbonyl (C=O) groups excluding carboxylic acids is 1. The van der Waals surface area contributed by atoms with Crippen molar-refractivity contribution in [2.75, 3.05) is 0 Å². The van der Waals surface area contributed by atoms with Gasteiger partial charge in [0.1, 0.15) is 0 Å². The molecular formula is C23H28N2O. The van der Waals surface area contributed by atoms with E-state index in [0.717, 1.165) is 42.7 Å². The second-order valence-electron chi connectivity index (χ2n) is 8.52. The Bertz CT molecular complexity index is 709. The third-order valence-electron chi connectivity index (χ3n) is 6.39. The van der Waals surface area contributed by atoms with E-state index < -0.39 is 0 Å². The predicted octanol–water partition coefficient (Wildman–Crippen LogP) is 4.96. The lowest BCUT2D eigenvalue weighted by atomic mass is 9.49. The van der Waals surface area contributed by atoms with Crippen molar-refractivity contribution in [1.82, 2.24) is 5.43 Å². The number of allylic oxidation sites excluding steroid dienone is 3. The van der Waals surface area contributed by atoms with E-state index in [1.54, 1.807) is 0 Å². The van der Waals surface area contributed by atoms with Gasteiger partial charge in [0.2, 0.25) is 5.91 Å². The van der Waals surface area contributed by atoms with Gasteiger partial charge in [-0.2, -0.15) is 5.10 Å². The molecule has 0 heterocycles. The van der Waals surface area contributed by atoms with Gasteiger partial charge in [0.25, 0.3) is 0 Å². The quantitative estimate of drug-likeness (QED) is 0.456. The van der Waals surface area contributed by atoms with Gasteiger partial charge in [0.15, 0.2) is 0 Å². The van der Waals surface area contributed by atoms with Crippen LogP contribution in [0.4, 0.5) is 0 Å². The zero-order chi connectivity index (χ0) is 18.0. The molecule has 0 unspecified atom stereocenters. The highest BCUT2D eigenvalue weighted by molar-refractivity contribution is 5.94. The van der Waals surface area contributed by atoms with Crippen LogP contribution in [0, 0.1) is 23.2 Å². The Labute approximate surface area is 156 Å². The number of benzene rings is 1. The minimum Gasteiger partial charge on any atom is -0.273 e. The summed E-state index contributed by atoms with van der Waals surface area (Å²) in [6.45, 7) is 1.92. The number of hydrogen-bond acceptors (Lipinski definition) is 2. The average Bonchev–Trinajstić information content (AvgIpc) is 2.63. The molecule has 4 aliphatic rings. The fourth-order valence-electron chi connectivity index (χ4n) is 5.61. The summed E-state index contributed by atoms with van der Waals surface area (Å²) < 4.78 is 0. The molecular weight excluding hydrogens is 320 g/mol. The number of rotatable bonds is 5. The summed E-state index contributed by atoms with van der Waals surface area (Å²) in [4.78, 5) is 12.9. The SMILES string of the molecule is CC(C=CC=Cc1ccccc1)=NNC(=O)C12CC3CC(CC(C3)C1)C2. The van der Waals surface area contributed by atoms with Crippen molar-refractivity contribution >= 4 is 17.7 Å². The molecule has 5 rings (SSSR count). The summed E-state index contributed by atoms with van der Waals surface area (Å²) in [7, 11) is 0. The van der Waals surface area contributed by atoms with Gasteiger partial charge in [-0.15, -0.1) is 0 Å². The zero-order valence-corrected chi connectivity index (χ0v) is 15.5. The van der Waals surface area contributed by atoms with Crippen LogP contribution in [0.2, 0.25) is 0 Å². The standard InChI is InChI=1S/C23H28N2O/c1-17(7-5-6-10-18-8-3-2-4-9-18)24-25-22(26)23-14-19-11-20(15-23)13-21(12-19)16-23/h2-10,19-21H,11-16H2,1H3,(H,25,26). The lowest BCUT2D eigenvalue weighted by Crippen LogP contribution is -2.52. The summed E-state index contributed by atoms with van der Waals surface area (Å²) in [5.41, 5.74) is 4.73. The van der Waals surface area contributed by atoms with Gasteiger partial charge in [-0.05, 0) is 74.8 Å². The maximum atomic E-state index is 12.9. The third-order valence-corrected chi connectivity index (χ3v) is 6.39. The van der Waals surface area contributed by atoms with Crippen molar-refractivity contribution in [2.45, 2.75) is 45.4 Å². The van der Waals surface area contributed by atoms with Gasteiger partial charge < -0.3 is 0 Å². The smallest absolute Gasteiger partial charge is 0.246 e. The Hall–Kier alpha value is -2.16. The molecule has 1 aromatic rings. The number of nitrogens with zero attached hydrogens (tertiary/aromatic N) is 1. The summed E-state index contributed by atoms with van der Waals surface area (Å²) in [6, 6.07) is 10.2. The van der Waals surface area contributed by atoms with Crippen molar-refractivity contribution in [1.29, 1.82) is 0 Å². The van der Waals surface area contributed by atoms with Crippen LogP contribution in [0.25, 0.3) is 6.08 Å².